The standard InChI is InChI=1S/C31H36N2O5/c1-3-4-5-6-7-8-13-29(37)32-27-20-16-25(17-21-27)12-10-9-11-24-14-18-26(19-15-24)31(38)33-30(23(2)35)28(36)22-34/h14-21,23,30,34-35H,3-8,13,22H2,1-2H3,(H,32,37)(H,33,38)/t23-,30+/m1/s1. The van der Waals surface area contributed by atoms with E-state index in [1.54, 1.807) is 24.3 Å². The molecule has 2 atom stereocenters. The van der Waals surface area contributed by atoms with Gasteiger partial charge in [-0.15, -0.1) is 0 Å². The van der Waals surface area contributed by atoms with E-state index in [0.29, 0.717) is 12.0 Å². The van der Waals surface area contributed by atoms with Crippen molar-refractivity contribution in [3.05, 3.63) is 65.2 Å². The highest BCUT2D eigenvalue weighted by molar-refractivity contribution is 5.98. The maximum atomic E-state index is 12.3. The molecular formula is C31H36N2O5. The molecule has 2 aromatic carbocycles. The number of ketones is 1. The van der Waals surface area contributed by atoms with Crippen molar-refractivity contribution in [2.75, 3.05) is 11.9 Å². The second-order valence-electron chi connectivity index (χ2n) is 9.04. The molecule has 0 saturated carbocycles. The summed E-state index contributed by atoms with van der Waals surface area (Å²) in [5.41, 5.74) is 2.45. The Morgan fingerprint density at radius 2 is 1.39 bits per heavy atom. The van der Waals surface area contributed by atoms with Gasteiger partial charge in [0.15, 0.2) is 5.78 Å². The Bertz CT molecular complexity index is 1180. The Balaban J connectivity index is 1.84. The largest absolute Gasteiger partial charge is 0.391 e. The Kier molecular flexibility index (Phi) is 13.4. The number of hydrogen-bond donors (Lipinski definition) is 4. The first-order chi connectivity index (χ1) is 18.3. The third-order valence-corrected chi connectivity index (χ3v) is 5.82. The summed E-state index contributed by atoms with van der Waals surface area (Å²) in [7, 11) is 0. The van der Waals surface area contributed by atoms with E-state index in [0.717, 1.165) is 24.1 Å². The number of rotatable bonds is 13. The van der Waals surface area contributed by atoms with Gasteiger partial charge < -0.3 is 20.8 Å². The fourth-order valence-corrected chi connectivity index (χ4v) is 3.63. The number of amides is 2. The van der Waals surface area contributed by atoms with Crippen molar-refractivity contribution in [3.8, 4) is 23.7 Å². The highest BCUT2D eigenvalue weighted by Gasteiger charge is 2.25. The fourth-order valence-electron chi connectivity index (χ4n) is 3.63. The van der Waals surface area contributed by atoms with Crippen LogP contribution in [0.4, 0.5) is 5.69 Å². The van der Waals surface area contributed by atoms with Crippen LogP contribution in [0.1, 0.15) is 80.3 Å². The predicted octanol–water partition coefficient (Wildman–Crippen LogP) is 3.82. The molecule has 200 valence electrons. The number of Topliss-reactive ketones (excluding diaryl/α,β-unsaturated/α-hetero) is 1. The van der Waals surface area contributed by atoms with Gasteiger partial charge in [-0.3, -0.25) is 14.4 Å². The highest BCUT2D eigenvalue weighted by atomic mass is 16.3. The third-order valence-electron chi connectivity index (χ3n) is 5.82. The van der Waals surface area contributed by atoms with Gasteiger partial charge >= 0.3 is 0 Å². The monoisotopic (exact) mass is 516 g/mol. The molecule has 0 aliphatic rings. The lowest BCUT2D eigenvalue weighted by molar-refractivity contribution is -0.126. The van der Waals surface area contributed by atoms with Crippen molar-refractivity contribution in [2.45, 2.75) is 70.9 Å². The van der Waals surface area contributed by atoms with Gasteiger partial charge in [0.25, 0.3) is 5.91 Å². The Labute approximate surface area is 225 Å². The number of aliphatic hydroxyl groups is 2. The summed E-state index contributed by atoms with van der Waals surface area (Å²) >= 11 is 0. The number of aliphatic hydroxyl groups excluding tert-OH is 2. The minimum atomic E-state index is -1.18. The number of nitrogens with one attached hydrogen (secondary N) is 2. The zero-order chi connectivity index (χ0) is 27.8. The lowest BCUT2D eigenvalue weighted by Crippen LogP contribution is -2.48. The molecular weight excluding hydrogens is 480 g/mol. The van der Waals surface area contributed by atoms with E-state index in [4.69, 9.17) is 5.11 Å². The van der Waals surface area contributed by atoms with Crippen LogP contribution >= 0.6 is 0 Å². The summed E-state index contributed by atoms with van der Waals surface area (Å²) in [5, 5.41) is 24.0. The van der Waals surface area contributed by atoms with Gasteiger partial charge in [-0.25, -0.2) is 0 Å². The van der Waals surface area contributed by atoms with Crippen LogP contribution in [0, 0.1) is 23.7 Å². The number of benzene rings is 2. The van der Waals surface area contributed by atoms with Crippen molar-refractivity contribution < 1.29 is 24.6 Å². The van der Waals surface area contributed by atoms with E-state index in [1.807, 2.05) is 24.3 Å². The minimum absolute atomic E-state index is 0.0233. The first-order valence-electron chi connectivity index (χ1n) is 13.0. The highest BCUT2D eigenvalue weighted by Crippen LogP contribution is 2.11. The molecule has 0 bridgehead atoms. The van der Waals surface area contributed by atoms with E-state index in [2.05, 4.69) is 41.2 Å². The summed E-state index contributed by atoms with van der Waals surface area (Å²) in [6.45, 7) is 2.78. The molecule has 0 unspecified atom stereocenters. The lowest BCUT2D eigenvalue weighted by Gasteiger charge is -2.19. The summed E-state index contributed by atoms with van der Waals surface area (Å²) in [6.07, 6.45) is 6.27. The van der Waals surface area contributed by atoms with E-state index < -0.39 is 30.4 Å². The summed E-state index contributed by atoms with van der Waals surface area (Å²) in [5.74, 6) is 10.2. The van der Waals surface area contributed by atoms with Gasteiger partial charge in [0.05, 0.1) is 6.10 Å². The molecule has 2 aromatic rings. The number of unbranched alkanes of at least 4 members (excludes halogenated alkanes) is 5. The van der Waals surface area contributed by atoms with Crippen LogP contribution in [-0.2, 0) is 9.59 Å². The van der Waals surface area contributed by atoms with Gasteiger partial charge in [0.2, 0.25) is 5.91 Å². The Hall–Kier alpha value is -3.91. The molecule has 0 fully saturated rings. The molecule has 2 rings (SSSR count). The summed E-state index contributed by atoms with van der Waals surface area (Å²) < 4.78 is 0. The first-order valence-corrected chi connectivity index (χ1v) is 13.0. The molecule has 0 heterocycles. The van der Waals surface area contributed by atoms with Crippen LogP contribution in [0.25, 0.3) is 0 Å². The van der Waals surface area contributed by atoms with E-state index in [1.165, 1.54) is 32.6 Å². The average Bonchev–Trinajstić information content (AvgIpc) is 2.92. The molecule has 0 aliphatic carbocycles. The average molecular weight is 517 g/mol. The Morgan fingerprint density at radius 1 is 0.842 bits per heavy atom. The van der Waals surface area contributed by atoms with Crippen LogP contribution in [0.2, 0.25) is 0 Å². The van der Waals surface area contributed by atoms with Crippen molar-refractivity contribution in [2.24, 2.45) is 0 Å². The van der Waals surface area contributed by atoms with Gasteiger partial charge in [-0.2, -0.15) is 0 Å². The van der Waals surface area contributed by atoms with Gasteiger partial charge in [0, 0.05) is 28.8 Å². The molecule has 0 spiro atoms. The molecule has 4 N–H and O–H groups in total. The fraction of sp³-hybridized carbons (Fsp3) is 0.387. The van der Waals surface area contributed by atoms with Crippen molar-refractivity contribution in [1.29, 1.82) is 0 Å². The Morgan fingerprint density at radius 3 is 1.95 bits per heavy atom. The first kappa shape index (κ1) is 30.3. The van der Waals surface area contributed by atoms with E-state index >= 15 is 0 Å². The van der Waals surface area contributed by atoms with Gasteiger partial charge in [-0.05, 0) is 73.7 Å². The molecule has 0 aromatic heterocycles. The van der Waals surface area contributed by atoms with Gasteiger partial charge in [0.1, 0.15) is 12.6 Å². The van der Waals surface area contributed by atoms with Crippen LogP contribution in [0.15, 0.2) is 48.5 Å². The SMILES string of the molecule is CCCCCCCCC(=O)Nc1ccc(C#CC#Cc2ccc(C(=O)N[C@H](C(=O)CO)[C@@H](C)O)cc2)cc1. The molecule has 0 radical (unpaired) electrons. The maximum absolute atomic E-state index is 12.3. The predicted molar refractivity (Wildman–Crippen MR) is 148 cm³/mol. The number of carbonyl (C=O) groups is 3. The molecule has 7 heteroatoms. The smallest absolute Gasteiger partial charge is 0.251 e. The second kappa shape index (κ2) is 16.8. The van der Waals surface area contributed by atoms with Crippen LogP contribution in [0.5, 0.6) is 0 Å². The zero-order valence-electron chi connectivity index (χ0n) is 22.0. The van der Waals surface area contributed by atoms with Crippen LogP contribution < -0.4 is 10.6 Å². The topological polar surface area (TPSA) is 116 Å². The molecule has 38 heavy (non-hydrogen) atoms. The molecule has 2 amide bonds. The third kappa shape index (κ3) is 11.0. The van der Waals surface area contributed by atoms with Crippen LogP contribution in [-0.4, -0.2) is 46.6 Å². The normalized spacial score (nSPS) is 11.7. The van der Waals surface area contributed by atoms with Crippen molar-refractivity contribution in [1.82, 2.24) is 5.32 Å². The quantitative estimate of drug-likeness (QED) is 0.239. The molecule has 0 saturated heterocycles. The zero-order valence-corrected chi connectivity index (χ0v) is 22.0. The van der Waals surface area contributed by atoms with Crippen molar-refractivity contribution in [3.63, 3.8) is 0 Å². The maximum Gasteiger partial charge on any atom is 0.251 e. The van der Waals surface area contributed by atoms with E-state index in [9.17, 15) is 19.5 Å². The van der Waals surface area contributed by atoms with Crippen LogP contribution in [0.3, 0.4) is 0 Å². The summed E-state index contributed by atoms with van der Waals surface area (Å²) in [6, 6.07) is 12.5. The number of carbonyl (C=O) groups excluding carboxylic acids is 3. The van der Waals surface area contributed by atoms with Gasteiger partial charge in [-0.1, -0.05) is 50.9 Å². The van der Waals surface area contributed by atoms with E-state index in [-0.39, 0.29) is 11.5 Å². The second-order valence-corrected chi connectivity index (χ2v) is 9.04. The molecule has 0 aliphatic heterocycles. The number of anilines is 1. The summed E-state index contributed by atoms with van der Waals surface area (Å²) in [4.78, 5) is 36.1. The lowest BCUT2D eigenvalue weighted by atomic mass is 10.1. The van der Waals surface area contributed by atoms with Crippen molar-refractivity contribution >= 4 is 23.3 Å². The number of hydrogen-bond acceptors (Lipinski definition) is 5. The minimum Gasteiger partial charge on any atom is -0.391 e. The molecule has 7 nitrogen and oxygen atoms in total.